The summed E-state index contributed by atoms with van der Waals surface area (Å²) in [5, 5.41) is 7.95. The van der Waals surface area contributed by atoms with Crippen molar-refractivity contribution in [2.75, 3.05) is 13.2 Å². The van der Waals surface area contributed by atoms with Crippen LogP contribution < -0.4 is 10.3 Å². The van der Waals surface area contributed by atoms with Crippen LogP contribution in [-0.4, -0.2) is 43.7 Å². The Morgan fingerprint density at radius 2 is 1.92 bits per heavy atom. The first-order chi connectivity index (χ1) is 12.6. The van der Waals surface area contributed by atoms with Crippen LogP contribution in [0.25, 0.3) is 16.9 Å². The molecule has 0 bridgehead atoms. The second-order valence-electron chi connectivity index (χ2n) is 5.49. The standard InChI is InChI=1S/C17H19N5O4/c1-4-25-13-8-6-12(7-9-13)22-15-14(19-20-22)16(23)21(10-18-15)11(3)17(24)26-5-2/h6-11H,4-5H2,1-3H3. The van der Waals surface area contributed by atoms with E-state index in [0.717, 1.165) is 5.75 Å². The minimum atomic E-state index is -0.796. The lowest BCUT2D eigenvalue weighted by atomic mass is 10.3. The number of nitrogens with zero attached hydrogens (tertiary/aromatic N) is 5. The van der Waals surface area contributed by atoms with Gasteiger partial charge in [0.15, 0.2) is 11.2 Å². The van der Waals surface area contributed by atoms with Crippen LogP contribution in [0.3, 0.4) is 0 Å². The fourth-order valence-corrected chi connectivity index (χ4v) is 2.50. The maximum Gasteiger partial charge on any atom is 0.328 e. The van der Waals surface area contributed by atoms with E-state index in [1.807, 2.05) is 6.92 Å². The fraction of sp³-hybridized carbons (Fsp3) is 0.353. The van der Waals surface area contributed by atoms with Crippen LogP contribution in [0.1, 0.15) is 26.8 Å². The summed E-state index contributed by atoms with van der Waals surface area (Å²) in [7, 11) is 0. The number of esters is 1. The van der Waals surface area contributed by atoms with Gasteiger partial charge in [0.1, 0.15) is 18.1 Å². The Hall–Kier alpha value is -3.23. The molecule has 0 aliphatic heterocycles. The summed E-state index contributed by atoms with van der Waals surface area (Å²) in [6.45, 7) is 6.00. The summed E-state index contributed by atoms with van der Waals surface area (Å²) in [4.78, 5) is 28.8. The molecule has 0 radical (unpaired) electrons. The van der Waals surface area contributed by atoms with Crippen molar-refractivity contribution in [2.24, 2.45) is 0 Å². The molecule has 9 nitrogen and oxygen atoms in total. The molecule has 0 N–H and O–H groups in total. The first-order valence-electron chi connectivity index (χ1n) is 8.29. The number of rotatable bonds is 6. The van der Waals surface area contributed by atoms with Gasteiger partial charge in [0, 0.05) is 0 Å². The van der Waals surface area contributed by atoms with E-state index in [9.17, 15) is 9.59 Å². The van der Waals surface area contributed by atoms with Crippen molar-refractivity contribution in [3.8, 4) is 11.4 Å². The average Bonchev–Trinajstić information content (AvgIpc) is 3.07. The van der Waals surface area contributed by atoms with Gasteiger partial charge >= 0.3 is 5.97 Å². The Kier molecular flexibility index (Phi) is 4.97. The molecule has 1 unspecified atom stereocenters. The Labute approximate surface area is 149 Å². The molecular weight excluding hydrogens is 338 g/mol. The first-order valence-corrected chi connectivity index (χ1v) is 8.29. The molecule has 2 heterocycles. The van der Waals surface area contributed by atoms with Gasteiger partial charge < -0.3 is 9.47 Å². The Morgan fingerprint density at radius 1 is 1.19 bits per heavy atom. The molecule has 0 saturated heterocycles. The fourth-order valence-electron chi connectivity index (χ4n) is 2.50. The highest BCUT2D eigenvalue weighted by Crippen LogP contribution is 2.17. The van der Waals surface area contributed by atoms with Crippen LogP contribution in [0.2, 0.25) is 0 Å². The van der Waals surface area contributed by atoms with Crippen LogP contribution >= 0.6 is 0 Å². The smallest absolute Gasteiger partial charge is 0.328 e. The van der Waals surface area contributed by atoms with E-state index >= 15 is 0 Å². The van der Waals surface area contributed by atoms with Gasteiger partial charge in [-0.3, -0.25) is 9.36 Å². The highest BCUT2D eigenvalue weighted by atomic mass is 16.5. The number of ether oxygens (including phenoxy) is 2. The lowest BCUT2D eigenvalue weighted by Gasteiger charge is -2.12. The summed E-state index contributed by atoms with van der Waals surface area (Å²) < 4.78 is 13.0. The van der Waals surface area contributed by atoms with Crippen molar-refractivity contribution in [2.45, 2.75) is 26.8 Å². The minimum absolute atomic E-state index is 0.0810. The molecule has 9 heteroatoms. The van der Waals surface area contributed by atoms with E-state index in [1.54, 1.807) is 38.1 Å². The number of fused-ring (bicyclic) bond motifs is 1. The Bertz CT molecular complexity index is 977. The highest BCUT2D eigenvalue weighted by molar-refractivity contribution is 5.75. The van der Waals surface area contributed by atoms with Gasteiger partial charge in [0.2, 0.25) is 0 Å². The molecule has 0 aliphatic rings. The maximum absolute atomic E-state index is 12.6. The lowest BCUT2D eigenvalue weighted by Crippen LogP contribution is -2.29. The van der Waals surface area contributed by atoms with Gasteiger partial charge in [-0.1, -0.05) is 5.21 Å². The van der Waals surface area contributed by atoms with Gasteiger partial charge in [0.25, 0.3) is 5.56 Å². The summed E-state index contributed by atoms with van der Waals surface area (Å²) in [6, 6.07) is 6.41. The molecule has 3 aromatic rings. The molecule has 26 heavy (non-hydrogen) atoms. The second kappa shape index (κ2) is 7.34. The van der Waals surface area contributed by atoms with Crippen molar-refractivity contribution in [1.29, 1.82) is 0 Å². The van der Waals surface area contributed by atoms with Crippen LogP contribution in [0, 0.1) is 0 Å². The van der Waals surface area contributed by atoms with Crippen molar-refractivity contribution in [3.63, 3.8) is 0 Å². The zero-order valence-electron chi connectivity index (χ0n) is 14.7. The largest absolute Gasteiger partial charge is 0.494 e. The van der Waals surface area contributed by atoms with E-state index in [1.165, 1.54) is 15.6 Å². The molecule has 0 spiro atoms. The zero-order valence-corrected chi connectivity index (χ0v) is 14.7. The van der Waals surface area contributed by atoms with Crippen molar-refractivity contribution in [3.05, 3.63) is 40.9 Å². The monoisotopic (exact) mass is 357 g/mol. The van der Waals surface area contributed by atoms with E-state index in [4.69, 9.17) is 9.47 Å². The summed E-state index contributed by atoms with van der Waals surface area (Å²) in [5.74, 6) is 0.230. The topological polar surface area (TPSA) is 101 Å². The first kappa shape index (κ1) is 17.6. The SMILES string of the molecule is CCOC(=O)C(C)n1cnc2c(nnn2-c2ccc(OCC)cc2)c1=O. The van der Waals surface area contributed by atoms with E-state index < -0.39 is 17.6 Å². The zero-order chi connectivity index (χ0) is 18.7. The quantitative estimate of drug-likeness (QED) is 0.616. The molecule has 1 atom stereocenters. The van der Waals surface area contributed by atoms with Gasteiger partial charge in [-0.05, 0) is 45.0 Å². The van der Waals surface area contributed by atoms with Crippen molar-refractivity contribution >= 4 is 17.1 Å². The lowest BCUT2D eigenvalue weighted by molar-refractivity contribution is -0.146. The maximum atomic E-state index is 12.6. The number of benzene rings is 1. The molecule has 0 aliphatic carbocycles. The predicted octanol–water partition coefficient (Wildman–Crippen LogP) is 1.50. The number of carbonyl (C=O) groups is 1. The number of hydrogen-bond acceptors (Lipinski definition) is 7. The van der Waals surface area contributed by atoms with Crippen LogP contribution in [0.5, 0.6) is 5.75 Å². The number of aromatic nitrogens is 5. The highest BCUT2D eigenvalue weighted by Gasteiger charge is 2.21. The van der Waals surface area contributed by atoms with Crippen LogP contribution in [0.15, 0.2) is 35.4 Å². The van der Waals surface area contributed by atoms with E-state index in [-0.39, 0.29) is 12.1 Å². The molecule has 3 rings (SSSR count). The second-order valence-corrected chi connectivity index (χ2v) is 5.49. The molecule has 2 aromatic heterocycles. The normalized spacial score (nSPS) is 12.1. The third-order valence-corrected chi connectivity index (χ3v) is 3.83. The molecule has 136 valence electrons. The summed E-state index contributed by atoms with van der Waals surface area (Å²) >= 11 is 0. The minimum Gasteiger partial charge on any atom is -0.494 e. The molecular formula is C17H19N5O4. The van der Waals surface area contributed by atoms with Crippen LogP contribution in [-0.2, 0) is 9.53 Å². The summed E-state index contributed by atoms with van der Waals surface area (Å²) in [5.41, 5.74) is 0.635. The van der Waals surface area contributed by atoms with Crippen molar-refractivity contribution < 1.29 is 14.3 Å². The molecule has 1 aromatic carbocycles. The number of hydrogen-bond donors (Lipinski definition) is 0. The Balaban J connectivity index is 2.00. The van der Waals surface area contributed by atoms with Crippen LogP contribution in [0.4, 0.5) is 0 Å². The van der Waals surface area contributed by atoms with Crippen molar-refractivity contribution in [1.82, 2.24) is 24.5 Å². The molecule has 0 fully saturated rings. The Morgan fingerprint density at radius 3 is 2.58 bits per heavy atom. The van der Waals surface area contributed by atoms with Gasteiger partial charge in [-0.15, -0.1) is 5.10 Å². The third-order valence-electron chi connectivity index (χ3n) is 3.83. The van der Waals surface area contributed by atoms with Gasteiger partial charge in [0.05, 0.1) is 18.9 Å². The summed E-state index contributed by atoms with van der Waals surface area (Å²) in [6.07, 6.45) is 1.31. The molecule has 0 saturated carbocycles. The predicted molar refractivity (Wildman–Crippen MR) is 93.4 cm³/mol. The molecule has 0 amide bonds. The number of carbonyl (C=O) groups excluding carboxylic acids is 1. The average molecular weight is 357 g/mol. The van der Waals surface area contributed by atoms with E-state index in [0.29, 0.717) is 17.9 Å². The van der Waals surface area contributed by atoms with E-state index in [2.05, 4.69) is 15.3 Å². The van der Waals surface area contributed by atoms with Gasteiger partial charge in [-0.25, -0.2) is 9.78 Å². The van der Waals surface area contributed by atoms with Gasteiger partial charge in [-0.2, -0.15) is 4.68 Å². The third kappa shape index (κ3) is 3.15.